The van der Waals surface area contributed by atoms with Gasteiger partial charge in [0.1, 0.15) is 5.82 Å². The number of aromatic amines is 1. The first kappa shape index (κ1) is 11.4. The molecule has 0 aliphatic carbocycles. The molecule has 0 fully saturated rings. The van der Waals surface area contributed by atoms with Crippen LogP contribution >= 0.6 is 0 Å². The van der Waals surface area contributed by atoms with Crippen molar-refractivity contribution in [1.82, 2.24) is 9.97 Å². The molecule has 0 amide bonds. The van der Waals surface area contributed by atoms with Gasteiger partial charge in [0.15, 0.2) is 0 Å². The molecule has 0 spiro atoms. The average Bonchev–Trinajstić information content (AvgIpc) is 2.83. The summed E-state index contributed by atoms with van der Waals surface area (Å²) < 4.78 is 13.3. The molecule has 94 valence electrons. The first-order valence-electron chi connectivity index (χ1n) is 5.81. The van der Waals surface area contributed by atoms with Crippen LogP contribution in [-0.2, 0) is 0 Å². The third-order valence-corrected chi connectivity index (χ3v) is 2.67. The minimum atomic E-state index is -0.308. The molecule has 3 aromatic rings. The molecule has 0 bridgehead atoms. The highest BCUT2D eigenvalue weighted by Crippen LogP contribution is 2.13. The Morgan fingerprint density at radius 3 is 2.74 bits per heavy atom. The van der Waals surface area contributed by atoms with Gasteiger partial charge >= 0.3 is 0 Å². The van der Waals surface area contributed by atoms with E-state index >= 15 is 0 Å². The van der Waals surface area contributed by atoms with Crippen molar-refractivity contribution in [3.05, 3.63) is 59.9 Å². The van der Waals surface area contributed by atoms with E-state index in [2.05, 4.69) is 20.5 Å². The van der Waals surface area contributed by atoms with E-state index in [1.807, 2.05) is 24.3 Å². The fraction of sp³-hybridized carbons (Fsp3) is 0. The molecular formula is C14H11FN4. The highest BCUT2D eigenvalue weighted by Gasteiger charge is 2.00. The molecule has 0 radical (unpaired) electrons. The Kier molecular flexibility index (Phi) is 2.94. The zero-order chi connectivity index (χ0) is 13.1. The predicted octanol–water partition coefficient (Wildman–Crippen LogP) is 3.15. The Hall–Kier alpha value is -2.69. The van der Waals surface area contributed by atoms with Crippen LogP contribution in [0.3, 0.4) is 0 Å². The van der Waals surface area contributed by atoms with Crippen LogP contribution < -0.4 is 5.43 Å². The van der Waals surface area contributed by atoms with E-state index in [1.54, 1.807) is 18.2 Å². The lowest BCUT2D eigenvalue weighted by Crippen LogP contribution is -1.94. The lowest BCUT2D eigenvalue weighted by atomic mass is 10.2. The van der Waals surface area contributed by atoms with E-state index in [0.29, 0.717) is 11.5 Å². The molecular weight excluding hydrogens is 243 g/mol. The van der Waals surface area contributed by atoms with Crippen LogP contribution in [0.5, 0.6) is 0 Å². The number of hydrazone groups is 1. The fourth-order valence-electron chi connectivity index (χ4n) is 1.75. The molecule has 2 N–H and O–H groups in total. The Morgan fingerprint density at radius 1 is 1.11 bits per heavy atom. The molecule has 1 aromatic heterocycles. The predicted molar refractivity (Wildman–Crippen MR) is 73.7 cm³/mol. The summed E-state index contributed by atoms with van der Waals surface area (Å²) in [5.41, 5.74) is 4.94. The van der Waals surface area contributed by atoms with Crippen LogP contribution in [0.25, 0.3) is 11.0 Å². The molecule has 2 aromatic carbocycles. The Bertz CT molecular complexity index is 700. The van der Waals surface area contributed by atoms with E-state index in [4.69, 9.17) is 0 Å². The number of anilines is 1. The summed E-state index contributed by atoms with van der Waals surface area (Å²) >= 11 is 0. The number of halogens is 1. The number of imidazole rings is 1. The number of benzene rings is 2. The number of hydrogen-bond acceptors (Lipinski definition) is 3. The van der Waals surface area contributed by atoms with E-state index < -0.39 is 0 Å². The van der Waals surface area contributed by atoms with Gasteiger partial charge in [-0.05, 0) is 18.2 Å². The van der Waals surface area contributed by atoms with Crippen molar-refractivity contribution in [1.29, 1.82) is 0 Å². The highest BCUT2D eigenvalue weighted by atomic mass is 19.1. The highest BCUT2D eigenvalue weighted by molar-refractivity contribution is 5.81. The van der Waals surface area contributed by atoms with Gasteiger partial charge < -0.3 is 4.98 Å². The summed E-state index contributed by atoms with van der Waals surface area (Å²) in [5, 5.41) is 3.96. The van der Waals surface area contributed by atoms with Crippen molar-refractivity contribution in [2.75, 3.05) is 5.43 Å². The molecule has 0 aliphatic heterocycles. The lowest BCUT2D eigenvalue weighted by molar-refractivity contribution is 0.626. The molecule has 0 saturated carbocycles. The Morgan fingerprint density at radius 2 is 1.89 bits per heavy atom. The van der Waals surface area contributed by atoms with Gasteiger partial charge in [-0.15, -0.1) is 0 Å². The van der Waals surface area contributed by atoms with Gasteiger partial charge in [-0.2, -0.15) is 5.10 Å². The van der Waals surface area contributed by atoms with Crippen LogP contribution in [0.1, 0.15) is 5.56 Å². The molecule has 0 aliphatic rings. The minimum absolute atomic E-state index is 0.308. The summed E-state index contributed by atoms with van der Waals surface area (Å²) in [5.74, 6) is 0.214. The van der Waals surface area contributed by atoms with E-state index in [-0.39, 0.29) is 5.82 Å². The van der Waals surface area contributed by atoms with Gasteiger partial charge in [-0.1, -0.05) is 30.3 Å². The van der Waals surface area contributed by atoms with E-state index in [9.17, 15) is 4.39 Å². The number of rotatable bonds is 3. The summed E-state index contributed by atoms with van der Waals surface area (Å²) in [7, 11) is 0. The SMILES string of the molecule is Fc1ccccc1/C=N\Nc1nc2ccccc2[nH]1. The maximum atomic E-state index is 13.3. The van der Waals surface area contributed by atoms with Gasteiger partial charge in [-0.25, -0.2) is 14.8 Å². The van der Waals surface area contributed by atoms with Crippen molar-refractivity contribution in [3.8, 4) is 0 Å². The van der Waals surface area contributed by atoms with Gasteiger partial charge in [0.25, 0.3) is 0 Å². The van der Waals surface area contributed by atoms with Crippen molar-refractivity contribution >= 4 is 23.2 Å². The quantitative estimate of drug-likeness (QED) is 0.557. The number of aromatic nitrogens is 2. The van der Waals surface area contributed by atoms with E-state index in [1.165, 1.54) is 12.3 Å². The lowest BCUT2D eigenvalue weighted by Gasteiger charge is -1.95. The van der Waals surface area contributed by atoms with Gasteiger partial charge in [0, 0.05) is 5.56 Å². The number of nitrogens with zero attached hydrogens (tertiary/aromatic N) is 2. The standard InChI is InChI=1S/C14H11FN4/c15-11-6-2-1-5-10(11)9-16-19-14-17-12-7-3-4-8-13(12)18-14/h1-9H,(H2,17,18,19)/b16-9-. The van der Waals surface area contributed by atoms with Crippen LogP contribution in [0, 0.1) is 5.82 Å². The first-order valence-corrected chi connectivity index (χ1v) is 5.81. The maximum absolute atomic E-state index is 13.3. The maximum Gasteiger partial charge on any atom is 0.222 e. The van der Waals surface area contributed by atoms with Crippen molar-refractivity contribution < 1.29 is 4.39 Å². The summed E-state index contributed by atoms with van der Waals surface area (Å²) in [4.78, 5) is 7.36. The average molecular weight is 254 g/mol. The second-order valence-electron chi connectivity index (χ2n) is 3.99. The molecule has 0 saturated heterocycles. The molecule has 0 atom stereocenters. The zero-order valence-corrected chi connectivity index (χ0v) is 9.97. The van der Waals surface area contributed by atoms with Crippen LogP contribution in [0.15, 0.2) is 53.6 Å². The smallest absolute Gasteiger partial charge is 0.222 e. The van der Waals surface area contributed by atoms with Gasteiger partial charge in [0.2, 0.25) is 5.95 Å². The molecule has 0 unspecified atom stereocenters. The summed E-state index contributed by atoms with van der Waals surface area (Å²) in [6, 6.07) is 14.1. The molecule has 3 rings (SSSR count). The molecule has 4 nitrogen and oxygen atoms in total. The largest absolute Gasteiger partial charge is 0.323 e. The van der Waals surface area contributed by atoms with Gasteiger partial charge in [0.05, 0.1) is 17.2 Å². The van der Waals surface area contributed by atoms with Crippen molar-refractivity contribution in [2.24, 2.45) is 5.10 Å². The fourth-order valence-corrected chi connectivity index (χ4v) is 1.75. The molecule has 5 heteroatoms. The van der Waals surface area contributed by atoms with Crippen molar-refractivity contribution in [3.63, 3.8) is 0 Å². The Labute approximate surface area is 109 Å². The summed E-state index contributed by atoms with van der Waals surface area (Å²) in [6.45, 7) is 0. The number of nitrogens with one attached hydrogen (secondary N) is 2. The molecule has 19 heavy (non-hydrogen) atoms. The first-order chi connectivity index (χ1) is 9.33. The topological polar surface area (TPSA) is 53.1 Å². The number of H-pyrrole nitrogens is 1. The third-order valence-electron chi connectivity index (χ3n) is 2.67. The number of fused-ring (bicyclic) bond motifs is 1. The summed E-state index contributed by atoms with van der Waals surface area (Å²) in [6.07, 6.45) is 1.42. The second-order valence-corrected chi connectivity index (χ2v) is 3.99. The Balaban J connectivity index is 1.77. The molecule has 1 heterocycles. The van der Waals surface area contributed by atoms with Crippen molar-refractivity contribution in [2.45, 2.75) is 0 Å². The minimum Gasteiger partial charge on any atom is -0.323 e. The number of hydrogen-bond donors (Lipinski definition) is 2. The third kappa shape index (κ3) is 2.44. The van der Waals surface area contributed by atoms with Gasteiger partial charge in [-0.3, -0.25) is 0 Å². The zero-order valence-electron chi connectivity index (χ0n) is 9.97. The van der Waals surface area contributed by atoms with Crippen LogP contribution in [0.4, 0.5) is 10.3 Å². The van der Waals surface area contributed by atoms with Crippen LogP contribution in [-0.4, -0.2) is 16.2 Å². The van der Waals surface area contributed by atoms with E-state index in [0.717, 1.165) is 11.0 Å². The van der Waals surface area contributed by atoms with Crippen LogP contribution in [0.2, 0.25) is 0 Å². The second kappa shape index (κ2) is 4.89. The monoisotopic (exact) mass is 254 g/mol. The normalized spacial score (nSPS) is 11.2. The number of para-hydroxylation sites is 2.